The van der Waals surface area contributed by atoms with Crippen molar-refractivity contribution in [3.63, 3.8) is 0 Å². The number of nitrogens with zero attached hydrogens (tertiary/aromatic N) is 4. The van der Waals surface area contributed by atoms with E-state index in [1.165, 1.54) is 18.4 Å². The Bertz CT molecular complexity index is 701. The molecule has 1 aliphatic rings. The van der Waals surface area contributed by atoms with Crippen molar-refractivity contribution >= 4 is 0 Å². The Balaban J connectivity index is 1.73. The summed E-state index contributed by atoms with van der Waals surface area (Å²) in [6.07, 6.45) is 7.33. The molecular weight excluding hydrogens is 318 g/mol. The molecule has 1 saturated carbocycles. The van der Waals surface area contributed by atoms with Crippen LogP contribution >= 0.6 is 0 Å². The summed E-state index contributed by atoms with van der Waals surface area (Å²) >= 11 is 0. The third kappa shape index (κ3) is 3.93. The van der Waals surface area contributed by atoms with E-state index >= 15 is 0 Å². The lowest BCUT2D eigenvalue weighted by Gasteiger charge is -2.32. The number of hydrogen-bond acceptors (Lipinski definition) is 6. The molecule has 7 nitrogen and oxygen atoms in total. The summed E-state index contributed by atoms with van der Waals surface area (Å²) in [6.45, 7) is 8.29. The van der Waals surface area contributed by atoms with Crippen LogP contribution < -0.4 is 5.32 Å². The van der Waals surface area contributed by atoms with E-state index in [1.54, 1.807) is 13.8 Å². The van der Waals surface area contributed by atoms with Gasteiger partial charge in [-0.3, -0.25) is 0 Å². The summed E-state index contributed by atoms with van der Waals surface area (Å²) in [6, 6.07) is 0.576. The number of nitrogens with one attached hydrogen (secondary N) is 1. The standard InChI is InChI=1S/C18H29N5O2/c1-5-14-13(12(2)25-21-14)10-19-15-8-6-7-9-16(15)23-11-17(20-22-23)18(3,4)24/h11,15-16,19,24H,5-10H2,1-4H3/t15-,16+/m0/s1. The minimum atomic E-state index is -0.967. The normalized spacial score (nSPS) is 21.6. The van der Waals surface area contributed by atoms with E-state index in [4.69, 9.17) is 4.52 Å². The van der Waals surface area contributed by atoms with Gasteiger partial charge < -0.3 is 14.9 Å². The van der Waals surface area contributed by atoms with E-state index in [2.05, 4.69) is 27.7 Å². The average Bonchev–Trinajstić information content (AvgIpc) is 3.20. The maximum Gasteiger partial charge on any atom is 0.138 e. The predicted octanol–water partition coefficient (Wildman–Crippen LogP) is 2.64. The van der Waals surface area contributed by atoms with Gasteiger partial charge in [-0.05, 0) is 40.0 Å². The fourth-order valence-corrected chi connectivity index (χ4v) is 3.56. The first-order valence-electron chi connectivity index (χ1n) is 9.22. The number of aliphatic hydroxyl groups is 1. The molecule has 1 aliphatic carbocycles. The van der Waals surface area contributed by atoms with Crippen LogP contribution in [0.15, 0.2) is 10.7 Å². The molecule has 25 heavy (non-hydrogen) atoms. The van der Waals surface area contributed by atoms with Gasteiger partial charge in [0.15, 0.2) is 0 Å². The van der Waals surface area contributed by atoms with Gasteiger partial charge in [-0.1, -0.05) is 30.1 Å². The summed E-state index contributed by atoms with van der Waals surface area (Å²) in [5.74, 6) is 0.891. The quantitative estimate of drug-likeness (QED) is 0.835. The van der Waals surface area contributed by atoms with Gasteiger partial charge in [-0.2, -0.15) is 0 Å². The zero-order valence-corrected chi connectivity index (χ0v) is 15.6. The minimum absolute atomic E-state index is 0.252. The van der Waals surface area contributed by atoms with Gasteiger partial charge in [0.1, 0.15) is 17.1 Å². The first kappa shape index (κ1) is 18.1. The molecule has 0 bridgehead atoms. The molecule has 2 atom stereocenters. The van der Waals surface area contributed by atoms with Crippen molar-refractivity contribution in [2.45, 2.75) is 84.0 Å². The summed E-state index contributed by atoms with van der Waals surface area (Å²) < 4.78 is 7.26. The van der Waals surface area contributed by atoms with Gasteiger partial charge in [0.05, 0.1) is 17.9 Å². The molecule has 0 amide bonds. The second-order valence-corrected chi connectivity index (χ2v) is 7.50. The third-order valence-corrected chi connectivity index (χ3v) is 5.15. The molecular formula is C18H29N5O2. The van der Waals surface area contributed by atoms with Crippen LogP contribution in [-0.4, -0.2) is 31.3 Å². The molecule has 0 saturated heterocycles. The average molecular weight is 347 g/mol. The molecule has 2 heterocycles. The third-order valence-electron chi connectivity index (χ3n) is 5.15. The van der Waals surface area contributed by atoms with Crippen molar-refractivity contribution in [3.8, 4) is 0 Å². The molecule has 2 N–H and O–H groups in total. The van der Waals surface area contributed by atoms with Gasteiger partial charge in [-0.25, -0.2) is 4.68 Å². The summed E-state index contributed by atoms with van der Waals surface area (Å²) in [4.78, 5) is 0. The maximum atomic E-state index is 10.1. The second-order valence-electron chi connectivity index (χ2n) is 7.50. The van der Waals surface area contributed by atoms with Gasteiger partial charge in [-0.15, -0.1) is 5.10 Å². The molecule has 0 aliphatic heterocycles. The molecule has 7 heteroatoms. The number of rotatable bonds is 6. The predicted molar refractivity (Wildman–Crippen MR) is 94.0 cm³/mol. The van der Waals surface area contributed by atoms with Gasteiger partial charge in [0, 0.05) is 18.2 Å². The lowest BCUT2D eigenvalue weighted by molar-refractivity contribution is 0.0736. The largest absolute Gasteiger partial charge is 0.384 e. The number of hydrogen-bond donors (Lipinski definition) is 2. The molecule has 1 fully saturated rings. The number of aromatic nitrogens is 4. The molecule has 0 radical (unpaired) electrons. The van der Waals surface area contributed by atoms with Crippen molar-refractivity contribution in [1.29, 1.82) is 0 Å². The first-order valence-corrected chi connectivity index (χ1v) is 9.22. The van der Waals surface area contributed by atoms with Crippen molar-refractivity contribution in [2.75, 3.05) is 0 Å². The highest BCUT2D eigenvalue weighted by atomic mass is 16.5. The van der Waals surface area contributed by atoms with Crippen LogP contribution in [0.25, 0.3) is 0 Å². The molecule has 3 rings (SSSR count). The fraction of sp³-hybridized carbons (Fsp3) is 0.722. The van der Waals surface area contributed by atoms with Gasteiger partial charge >= 0.3 is 0 Å². The zero-order valence-electron chi connectivity index (χ0n) is 15.6. The number of aryl methyl sites for hydroxylation is 2. The first-order chi connectivity index (χ1) is 11.9. The van der Waals surface area contributed by atoms with Crippen LogP contribution in [-0.2, 0) is 18.6 Å². The fourth-order valence-electron chi connectivity index (χ4n) is 3.56. The van der Waals surface area contributed by atoms with E-state index < -0.39 is 5.60 Å². The van der Waals surface area contributed by atoms with Crippen molar-refractivity contribution in [1.82, 2.24) is 25.5 Å². The summed E-state index contributed by atoms with van der Waals surface area (Å²) in [7, 11) is 0. The molecule has 0 spiro atoms. The van der Waals surface area contributed by atoms with Crippen LogP contribution in [0.5, 0.6) is 0 Å². The Labute approximate surface area is 148 Å². The Hall–Kier alpha value is -1.73. The van der Waals surface area contributed by atoms with Crippen LogP contribution in [0.1, 0.15) is 75.2 Å². The highest BCUT2D eigenvalue weighted by Crippen LogP contribution is 2.30. The second kappa shape index (κ2) is 7.25. The lowest BCUT2D eigenvalue weighted by Crippen LogP contribution is -2.40. The molecule has 2 aromatic heterocycles. The monoisotopic (exact) mass is 347 g/mol. The van der Waals surface area contributed by atoms with Crippen LogP contribution in [0, 0.1) is 6.92 Å². The van der Waals surface area contributed by atoms with Crippen molar-refractivity contribution in [2.24, 2.45) is 0 Å². The molecule has 2 aromatic rings. The Morgan fingerprint density at radius 3 is 2.80 bits per heavy atom. The van der Waals surface area contributed by atoms with E-state index in [0.717, 1.165) is 37.3 Å². The Morgan fingerprint density at radius 2 is 2.12 bits per heavy atom. The topological polar surface area (TPSA) is 89.0 Å². The van der Waals surface area contributed by atoms with E-state index in [1.807, 2.05) is 17.8 Å². The molecule has 0 unspecified atom stereocenters. The van der Waals surface area contributed by atoms with Gasteiger partial charge in [0.2, 0.25) is 0 Å². The van der Waals surface area contributed by atoms with E-state index in [0.29, 0.717) is 11.7 Å². The van der Waals surface area contributed by atoms with Crippen LogP contribution in [0.3, 0.4) is 0 Å². The zero-order chi connectivity index (χ0) is 18.0. The van der Waals surface area contributed by atoms with Crippen LogP contribution in [0.2, 0.25) is 0 Å². The highest BCUT2D eigenvalue weighted by molar-refractivity contribution is 5.22. The van der Waals surface area contributed by atoms with Crippen molar-refractivity contribution in [3.05, 3.63) is 28.9 Å². The Kier molecular flexibility index (Phi) is 5.24. The van der Waals surface area contributed by atoms with Crippen LogP contribution in [0.4, 0.5) is 0 Å². The van der Waals surface area contributed by atoms with Crippen molar-refractivity contribution < 1.29 is 9.63 Å². The van der Waals surface area contributed by atoms with E-state index in [9.17, 15) is 5.11 Å². The smallest absolute Gasteiger partial charge is 0.138 e. The van der Waals surface area contributed by atoms with E-state index in [-0.39, 0.29) is 6.04 Å². The summed E-state index contributed by atoms with van der Waals surface area (Å²) in [5.41, 5.74) is 1.84. The highest BCUT2D eigenvalue weighted by Gasteiger charge is 2.29. The SMILES string of the molecule is CCc1noc(C)c1CN[C@H]1CCCC[C@H]1n1cc(C(C)(C)O)nn1. The van der Waals surface area contributed by atoms with Gasteiger partial charge in [0.25, 0.3) is 0 Å². The Morgan fingerprint density at radius 1 is 1.36 bits per heavy atom. The minimum Gasteiger partial charge on any atom is -0.384 e. The molecule has 138 valence electrons. The summed E-state index contributed by atoms with van der Waals surface area (Å²) in [5, 5.41) is 26.4. The molecule has 0 aromatic carbocycles. The maximum absolute atomic E-state index is 10.1. The lowest BCUT2D eigenvalue weighted by atomic mass is 9.90.